The minimum Gasteiger partial charge on any atom is -0.381 e. The Kier molecular flexibility index (Phi) is 5.16. The van der Waals surface area contributed by atoms with Crippen molar-refractivity contribution in [3.63, 3.8) is 0 Å². The molecule has 4 nitrogen and oxygen atoms in total. The third kappa shape index (κ3) is 4.15. The molecule has 0 unspecified atom stereocenters. The summed E-state index contributed by atoms with van der Waals surface area (Å²) in [5.74, 6) is 0.153. The fourth-order valence-corrected chi connectivity index (χ4v) is 2.83. The van der Waals surface area contributed by atoms with Gasteiger partial charge in [0.25, 0.3) is 0 Å². The largest absolute Gasteiger partial charge is 0.381 e. The summed E-state index contributed by atoms with van der Waals surface area (Å²) >= 11 is 0. The smallest absolute Gasteiger partial charge is 0.227 e. The Hall–Kier alpha value is -2.33. The molecule has 1 heterocycles. The average Bonchev–Trinajstić information content (AvgIpc) is 2.61. The van der Waals surface area contributed by atoms with E-state index >= 15 is 0 Å². The zero-order chi connectivity index (χ0) is 16.9. The summed E-state index contributed by atoms with van der Waals surface area (Å²) in [4.78, 5) is 12.2. The molecule has 0 bridgehead atoms. The van der Waals surface area contributed by atoms with Gasteiger partial charge in [-0.05, 0) is 74.2 Å². The molecule has 2 aromatic carbocycles. The molecule has 0 aromatic heterocycles. The minimum absolute atomic E-state index is 0.0621. The number of amides is 1. The van der Waals surface area contributed by atoms with E-state index in [-0.39, 0.29) is 11.8 Å². The zero-order valence-electron chi connectivity index (χ0n) is 14.3. The number of benzene rings is 2. The second-order valence-corrected chi connectivity index (χ2v) is 6.38. The summed E-state index contributed by atoms with van der Waals surface area (Å²) in [5, 5.41) is 6.38. The van der Waals surface area contributed by atoms with Crippen molar-refractivity contribution in [1.29, 1.82) is 0 Å². The standard InChI is InChI=1S/C20H24N2O2/c1-14-3-4-19(13-15(14)2)21-17-5-7-18(8-6-17)22-20(23)16-9-11-24-12-10-16/h3-8,13,16,21H,9-12H2,1-2H3,(H,22,23). The molecule has 0 radical (unpaired) electrons. The van der Waals surface area contributed by atoms with Crippen LogP contribution in [-0.4, -0.2) is 19.1 Å². The molecule has 2 N–H and O–H groups in total. The maximum absolute atomic E-state index is 12.2. The third-order valence-corrected chi connectivity index (χ3v) is 4.54. The predicted octanol–water partition coefficient (Wildman–Crippen LogP) is 4.41. The molecule has 3 rings (SSSR count). The van der Waals surface area contributed by atoms with Gasteiger partial charge in [0, 0.05) is 36.2 Å². The normalized spacial score (nSPS) is 15.1. The van der Waals surface area contributed by atoms with Gasteiger partial charge < -0.3 is 15.4 Å². The quantitative estimate of drug-likeness (QED) is 0.876. The second-order valence-electron chi connectivity index (χ2n) is 6.38. The van der Waals surface area contributed by atoms with Gasteiger partial charge in [0.1, 0.15) is 0 Å². The SMILES string of the molecule is Cc1ccc(Nc2ccc(NC(=O)C3CCOCC3)cc2)cc1C. The first-order valence-electron chi connectivity index (χ1n) is 8.45. The number of ether oxygens (including phenoxy) is 1. The van der Waals surface area contributed by atoms with Gasteiger partial charge in [0.2, 0.25) is 5.91 Å². The summed E-state index contributed by atoms with van der Waals surface area (Å²) < 4.78 is 5.30. The number of hydrogen-bond acceptors (Lipinski definition) is 3. The van der Waals surface area contributed by atoms with Crippen LogP contribution in [0.25, 0.3) is 0 Å². The Balaban J connectivity index is 1.60. The number of carbonyl (C=O) groups is 1. The molecular formula is C20H24N2O2. The molecule has 1 amide bonds. The summed E-state index contributed by atoms with van der Waals surface area (Å²) in [7, 11) is 0. The monoisotopic (exact) mass is 324 g/mol. The first-order chi connectivity index (χ1) is 11.6. The lowest BCUT2D eigenvalue weighted by Gasteiger charge is -2.21. The third-order valence-electron chi connectivity index (χ3n) is 4.54. The summed E-state index contributed by atoms with van der Waals surface area (Å²) in [6, 6.07) is 14.1. The van der Waals surface area contributed by atoms with Crippen LogP contribution < -0.4 is 10.6 Å². The zero-order valence-corrected chi connectivity index (χ0v) is 14.3. The highest BCUT2D eigenvalue weighted by Crippen LogP contribution is 2.22. The number of nitrogens with one attached hydrogen (secondary N) is 2. The maximum atomic E-state index is 12.2. The molecule has 126 valence electrons. The fraction of sp³-hybridized carbons (Fsp3) is 0.350. The lowest BCUT2D eigenvalue weighted by Crippen LogP contribution is -2.28. The van der Waals surface area contributed by atoms with Crippen LogP contribution in [0.2, 0.25) is 0 Å². The fourth-order valence-electron chi connectivity index (χ4n) is 2.83. The highest BCUT2D eigenvalue weighted by atomic mass is 16.5. The van der Waals surface area contributed by atoms with Crippen LogP contribution in [0.15, 0.2) is 42.5 Å². The number of rotatable bonds is 4. The molecule has 1 saturated heterocycles. The van der Waals surface area contributed by atoms with Crippen LogP contribution in [0.4, 0.5) is 17.1 Å². The Labute approximate surface area is 143 Å². The van der Waals surface area contributed by atoms with E-state index in [2.05, 4.69) is 42.7 Å². The summed E-state index contributed by atoms with van der Waals surface area (Å²) in [5.41, 5.74) is 5.45. The highest BCUT2D eigenvalue weighted by molar-refractivity contribution is 5.92. The van der Waals surface area contributed by atoms with Gasteiger partial charge in [-0.15, -0.1) is 0 Å². The lowest BCUT2D eigenvalue weighted by molar-refractivity contribution is -0.122. The summed E-state index contributed by atoms with van der Waals surface area (Å²) in [6.07, 6.45) is 1.61. The Morgan fingerprint density at radius 3 is 2.21 bits per heavy atom. The highest BCUT2D eigenvalue weighted by Gasteiger charge is 2.21. The number of aryl methyl sites for hydroxylation is 2. The maximum Gasteiger partial charge on any atom is 0.227 e. The van der Waals surface area contributed by atoms with Gasteiger partial charge in [-0.3, -0.25) is 4.79 Å². The number of carbonyl (C=O) groups excluding carboxylic acids is 1. The molecule has 0 saturated carbocycles. The summed E-state index contributed by atoms with van der Waals surface area (Å²) in [6.45, 7) is 5.57. The van der Waals surface area contributed by atoms with E-state index in [9.17, 15) is 4.79 Å². The van der Waals surface area contributed by atoms with Gasteiger partial charge in [0.05, 0.1) is 0 Å². The molecule has 4 heteroatoms. The number of hydrogen-bond donors (Lipinski definition) is 2. The lowest BCUT2D eigenvalue weighted by atomic mass is 9.99. The molecule has 0 atom stereocenters. The van der Waals surface area contributed by atoms with Gasteiger partial charge >= 0.3 is 0 Å². The van der Waals surface area contributed by atoms with Crippen molar-refractivity contribution < 1.29 is 9.53 Å². The molecule has 0 spiro atoms. The molecule has 0 aliphatic carbocycles. The van der Waals surface area contributed by atoms with Crippen molar-refractivity contribution in [2.24, 2.45) is 5.92 Å². The topological polar surface area (TPSA) is 50.4 Å². The van der Waals surface area contributed by atoms with E-state index < -0.39 is 0 Å². The van der Waals surface area contributed by atoms with E-state index in [1.54, 1.807) is 0 Å². The van der Waals surface area contributed by atoms with Crippen molar-refractivity contribution in [1.82, 2.24) is 0 Å². The predicted molar refractivity (Wildman–Crippen MR) is 97.8 cm³/mol. The van der Waals surface area contributed by atoms with Crippen molar-refractivity contribution in [2.75, 3.05) is 23.8 Å². The van der Waals surface area contributed by atoms with Crippen molar-refractivity contribution >= 4 is 23.0 Å². The van der Waals surface area contributed by atoms with Crippen molar-refractivity contribution in [3.8, 4) is 0 Å². The van der Waals surface area contributed by atoms with E-state index in [4.69, 9.17) is 4.74 Å². The van der Waals surface area contributed by atoms with Gasteiger partial charge in [0.15, 0.2) is 0 Å². The average molecular weight is 324 g/mol. The van der Waals surface area contributed by atoms with Crippen LogP contribution >= 0.6 is 0 Å². The van der Waals surface area contributed by atoms with E-state index in [0.717, 1.165) is 29.9 Å². The molecule has 2 aromatic rings. The van der Waals surface area contributed by atoms with E-state index in [1.807, 2.05) is 24.3 Å². The van der Waals surface area contributed by atoms with Crippen LogP contribution in [0.3, 0.4) is 0 Å². The van der Waals surface area contributed by atoms with E-state index in [0.29, 0.717) is 13.2 Å². The van der Waals surface area contributed by atoms with Gasteiger partial charge in [-0.1, -0.05) is 6.07 Å². The molecule has 1 aliphatic heterocycles. The minimum atomic E-state index is 0.0621. The molecule has 1 fully saturated rings. The Bertz CT molecular complexity index is 704. The van der Waals surface area contributed by atoms with Crippen LogP contribution in [-0.2, 0) is 9.53 Å². The molecular weight excluding hydrogens is 300 g/mol. The van der Waals surface area contributed by atoms with Crippen molar-refractivity contribution in [2.45, 2.75) is 26.7 Å². The number of anilines is 3. The van der Waals surface area contributed by atoms with Crippen LogP contribution in [0.5, 0.6) is 0 Å². The first-order valence-corrected chi connectivity index (χ1v) is 8.45. The Morgan fingerprint density at radius 2 is 1.54 bits per heavy atom. The van der Waals surface area contributed by atoms with Crippen LogP contribution in [0, 0.1) is 19.8 Å². The van der Waals surface area contributed by atoms with Crippen molar-refractivity contribution in [3.05, 3.63) is 53.6 Å². The van der Waals surface area contributed by atoms with Gasteiger partial charge in [-0.25, -0.2) is 0 Å². The van der Waals surface area contributed by atoms with Crippen LogP contribution in [0.1, 0.15) is 24.0 Å². The second kappa shape index (κ2) is 7.49. The van der Waals surface area contributed by atoms with E-state index in [1.165, 1.54) is 11.1 Å². The Morgan fingerprint density at radius 1 is 0.917 bits per heavy atom. The molecule has 24 heavy (non-hydrogen) atoms. The first kappa shape index (κ1) is 16.5. The molecule has 1 aliphatic rings. The van der Waals surface area contributed by atoms with Gasteiger partial charge in [-0.2, -0.15) is 0 Å².